The summed E-state index contributed by atoms with van der Waals surface area (Å²) in [6, 6.07) is 0. The first-order chi connectivity index (χ1) is 11.7. The maximum atomic E-state index is 14.0. The zero-order chi connectivity index (χ0) is 18.9. The molecule has 0 amide bonds. The van der Waals surface area contributed by atoms with E-state index in [-0.39, 0.29) is 5.92 Å². The van der Waals surface area contributed by atoms with Crippen LogP contribution in [-0.4, -0.2) is 13.1 Å². The number of esters is 1. The molecule has 1 saturated carbocycles. The van der Waals surface area contributed by atoms with Crippen LogP contribution in [0.2, 0.25) is 0 Å². The van der Waals surface area contributed by atoms with Gasteiger partial charge in [0.25, 0.3) is 0 Å². The maximum Gasteiger partial charge on any atom is 0.310 e. The summed E-state index contributed by atoms with van der Waals surface area (Å²) in [5.74, 6) is -7.79. The highest BCUT2D eigenvalue weighted by molar-refractivity contribution is 6.25. The molecule has 0 aliphatic heterocycles. The Morgan fingerprint density at radius 2 is 1.56 bits per heavy atom. The Balaban J connectivity index is 2.18. The van der Waals surface area contributed by atoms with E-state index in [0.717, 1.165) is 7.11 Å². The van der Waals surface area contributed by atoms with E-state index < -0.39 is 64.9 Å². The van der Waals surface area contributed by atoms with Gasteiger partial charge >= 0.3 is 5.97 Å². The fourth-order valence-electron chi connectivity index (χ4n) is 2.92. The number of carbonyl (C=O) groups excluding carboxylic acids is 1. The minimum absolute atomic E-state index is 0.176. The van der Waals surface area contributed by atoms with Crippen LogP contribution in [0.1, 0.15) is 25.0 Å². The van der Waals surface area contributed by atoms with Crippen LogP contribution in [0.25, 0.3) is 0 Å². The lowest BCUT2D eigenvalue weighted by Crippen LogP contribution is -2.15. The average Bonchev–Trinajstić information content (AvgIpc) is 3.10. The number of halogens is 5. The van der Waals surface area contributed by atoms with Crippen LogP contribution in [0.4, 0.5) is 17.6 Å². The van der Waals surface area contributed by atoms with Gasteiger partial charge in [-0.15, -0.1) is 0 Å². The Hall–Kier alpha value is -1.60. The van der Waals surface area contributed by atoms with Crippen LogP contribution in [0.3, 0.4) is 0 Å². The van der Waals surface area contributed by atoms with Gasteiger partial charge in [0.2, 0.25) is 0 Å². The van der Waals surface area contributed by atoms with Crippen molar-refractivity contribution < 1.29 is 31.8 Å². The Morgan fingerprint density at radius 1 is 1.08 bits per heavy atom. The molecule has 1 aromatic rings. The molecule has 2 rings (SSSR count). The fraction of sp³-hybridized carbons (Fsp3) is 0.471. The van der Waals surface area contributed by atoms with Crippen LogP contribution in [0.15, 0.2) is 11.6 Å². The third-order valence-corrected chi connectivity index (χ3v) is 4.68. The van der Waals surface area contributed by atoms with Crippen molar-refractivity contribution in [2.45, 2.75) is 27.1 Å². The minimum Gasteiger partial charge on any atom is -0.460 e. The monoisotopic (exact) mass is 380 g/mol. The van der Waals surface area contributed by atoms with Gasteiger partial charge in [-0.25, -0.2) is 17.6 Å². The van der Waals surface area contributed by atoms with Crippen LogP contribution >= 0.6 is 11.6 Å². The molecule has 1 aliphatic rings. The second-order valence-corrected chi connectivity index (χ2v) is 6.65. The summed E-state index contributed by atoms with van der Waals surface area (Å²) in [5.41, 5.74) is -0.981. The largest absolute Gasteiger partial charge is 0.460 e. The van der Waals surface area contributed by atoms with Crippen molar-refractivity contribution >= 4 is 17.6 Å². The van der Waals surface area contributed by atoms with E-state index in [1.165, 1.54) is 5.54 Å². The lowest BCUT2D eigenvalue weighted by molar-refractivity contribution is -0.147. The maximum absolute atomic E-state index is 14.0. The number of allylic oxidation sites excluding steroid dienone is 1. The van der Waals surface area contributed by atoms with E-state index in [0.29, 0.717) is 0 Å². The highest BCUT2D eigenvalue weighted by Crippen LogP contribution is 2.59. The second kappa shape index (κ2) is 7.33. The Kier molecular flexibility index (Phi) is 5.79. The zero-order valence-electron chi connectivity index (χ0n) is 13.8. The predicted octanol–water partition coefficient (Wildman–Crippen LogP) is 4.46. The molecule has 0 saturated heterocycles. The molecular weight excluding hydrogens is 364 g/mol. The summed E-state index contributed by atoms with van der Waals surface area (Å²) in [6.07, 6.45) is 1.62. The highest BCUT2D eigenvalue weighted by atomic mass is 35.5. The Labute approximate surface area is 147 Å². The van der Waals surface area contributed by atoms with Gasteiger partial charge in [-0.3, -0.25) is 4.79 Å². The molecule has 0 aromatic heterocycles. The van der Waals surface area contributed by atoms with E-state index in [4.69, 9.17) is 16.3 Å². The van der Waals surface area contributed by atoms with E-state index in [2.05, 4.69) is 4.74 Å². The normalized spacial score (nSPS) is 21.6. The molecule has 2 atom stereocenters. The van der Waals surface area contributed by atoms with E-state index in [9.17, 15) is 22.4 Å². The summed E-state index contributed by atoms with van der Waals surface area (Å²) in [6.45, 7) is 2.07. The summed E-state index contributed by atoms with van der Waals surface area (Å²) in [4.78, 5) is 12.1. The molecule has 0 spiro atoms. The fourth-order valence-corrected chi connectivity index (χ4v) is 3.08. The van der Waals surface area contributed by atoms with Gasteiger partial charge < -0.3 is 9.47 Å². The highest BCUT2D eigenvalue weighted by Gasteiger charge is 2.61. The predicted molar refractivity (Wildman–Crippen MR) is 82.5 cm³/mol. The van der Waals surface area contributed by atoms with Crippen LogP contribution in [-0.2, 0) is 27.5 Å². The molecule has 8 heteroatoms. The Bertz CT molecular complexity index is 689. The van der Waals surface area contributed by atoms with Gasteiger partial charge in [-0.05, 0) is 11.3 Å². The number of hydrogen-bond acceptors (Lipinski definition) is 3. The van der Waals surface area contributed by atoms with Gasteiger partial charge in [0.05, 0.1) is 23.7 Å². The molecule has 25 heavy (non-hydrogen) atoms. The quantitative estimate of drug-likeness (QED) is 0.415. The van der Waals surface area contributed by atoms with Crippen molar-refractivity contribution in [1.29, 1.82) is 0 Å². The van der Waals surface area contributed by atoms with Crippen molar-refractivity contribution in [3.8, 4) is 0 Å². The van der Waals surface area contributed by atoms with Crippen molar-refractivity contribution in [2.75, 3.05) is 7.11 Å². The number of ether oxygens (including phenoxy) is 2. The molecule has 0 radical (unpaired) electrons. The first-order valence-electron chi connectivity index (χ1n) is 7.44. The van der Waals surface area contributed by atoms with E-state index >= 15 is 0 Å². The second-order valence-electron chi connectivity index (χ2n) is 6.40. The molecule has 0 heterocycles. The number of carbonyl (C=O) groups is 1. The van der Waals surface area contributed by atoms with Gasteiger partial charge in [0, 0.05) is 12.6 Å². The molecule has 0 bridgehead atoms. The summed E-state index contributed by atoms with van der Waals surface area (Å²) >= 11 is 5.50. The first-order valence-corrected chi connectivity index (χ1v) is 7.88. The van der Waals surface area contributed by atoms with Crippen molar-refractivity contribution in [1.82, 2.24) is 0 Å². The van der Waals surface area contributed by atoms with Crippen molar-refractivity contribution in [2.24, 2.45) is 17.3 Å². The molecule has 0 N–H and O–H groups in total. The number of methoxy groups -OCH3 is 1. The molecule has 1 aliphatic carbocycles. The standard InChI is InChI=1S/C17H17ClF4O3/c1-17(2)10(4-5-18)11(17)16(23)25-7-9-14(21)12(19)8(6-24-3)13(20)15(9)22/h4-5,10-11H,6-7H2,1-3H3/b5-4+/t10-,11+/m1/s1. The molecule has 3 nitrogen and oxygen atoms in total. The molecule has 138 valence electrons. The van der Waals surface area contributed by atoms with Crippen LogP contribution in [0, 0.1) is 40.5 Å². The summed E-state index contributed by atoms with van der Waals surface area (Å²) in [7, 11) is 1.13. The Morgan fingerprint density at radius 3 is 2.00 bits per heavy atom. The topological polar surface area (TPSA) is 35.5 Å². The number of hydrogen-bond donors (Lipinski definition) is 0. The summed E-state index contributed by atoms with van der Waals surface area (Å²) in [5, 5.41) is 0. The third kappa shape index (κ3) is 3.53. The van der Waals surface area contributed by atoms with Gasteiger partial charge in [0.1, 0.15) is 6.61 Å². The molecule has 1 fully saturated rings. The average molecular weight is 381 g/mol. The molecular formula is C17H17ClF4O3. The van der Waals surface area contributed by atoms with Crippen LogP contribution in [0.5, 0.6) is 0 Å². The van der Waals surface area contributed by atoms with Gasteiger partial charge in [-0.2, -0.15) is 0 Å². The van der Waals surface area contributed by atoms with Gasteiger partial charge in [0.15, 0.2) is 23.3 Å². The molecule has 0 unspecified atom stereocenters. The SMILES string of the molecule is COCc1c(F)c(F)c(COC(=O)[C@@H]2[C@@H](/C=C/Cl)C2(C)C)c(F)c1F. The summed E-state index contributed by atoms with van der Waals surface area (Å²) < 4.78 is 65.1. The lowest BCUT2D eigenvalue weighted by atomic mass is 10.1. The van der Waals surface area contributed by atoms with Crippen molar-refractivity contribution in [3.63, 3.8) is 0 Å². The van der Waals surface area contributed by atoms with Crippen LogP contribution < -0.4 is 0 Å². The zero-order valence-corrected chi connectivity index (χ0v) is 14.6. The lowest BCUT2D eigenvalue weighted by Gasteiger charge is -2.12. The molecule has 1 aromatic carbocycles. The van der Waals surface area contributed by atoms with E-state index in [1.54, 1.807) is 19.9 Å². The van der Waals surface area contributed by atoms with E-state index in [1.807, 2.05) is 0 Å². The number of benzene rings is 1. The smallest absolute Gasteiger partial charge is 0.310 e. The first kappa shape index (κ1) is 19.7. The van der Waals surface area contributed by atoms with Crippen molar-refractivity contribution in [3.05, 3.63) is 46.0 Å². The number of rotatable bonds is 6. The minimum atomic E-state index is -1.61. The van der Waals surface area contributed by atoms with Gasteiger partial charge in [-0.1, -0.05) is 31.5 Å². The third-order valence-electron chi connectivity index (χ3n) is 4.54.